The third kappa shape index (κ3) is 1.82. The van der Waals surface area contributed by atoms with Crippen LogP contribution in [-0.4, -0.2) is 5.16 Å². The molecule has 0 radical (unpaired) electrons. The molecule has 0 unspecified atom stereocenters. The van der Waals surface area contributed by atoms with Crippen molar-refractivity contribution in [3.63, 3.8) is 0 Å². The van der Waals surface area contributed by atoms with E-state index in [0.29, 0.717) is 17.2 Å². The molecule has 4 bridgehead atoms. The smallest absolute Gasteiger partial charge is 0.226 e. The third-order valence-electron chi connectivity index (χ3n) is 5.96. The summed E-state index contributed by atoms with van der Waals surface area (Å²) >= 11 is 0. The first-order chi connectivity index (χ1) is 9.56. The first-order valence-electron chi connectivity index (χ1n) is 8.30. The number of hydrogen-bond acceptors (Lipinski definition) is 3. The van der Waals surface area contributed by atoms with Gasteiger partial charge in [-0.15, -0.1) is 0 Å². The predicted molar refractivity (Wildman–Crippen MR) is 79.3 cm³/mol. The molecular formula is C17H26N2O. The summed E-state index contributed by atoms with van der Waals surface area (Å²) in [5, 5.41) is 4.31. The molecule has 5 rings (SSSR count). The SMILES string of the molecule is CC(C)Cc1noc(N)c1C12CC3CC(CC(C3)C1)C2. The van der Waals surface area contributed by atoms with Crippen molar-refractivity contribution in [2.75, 3.05) is 5.73 Å². The van der Waals surface area contributed by atoms with Gasteiger partial charge in [0.1, 0.15) is 0 Å². The number of anilines is 1. The summed E-state index contributed by atoms with van der Waals surface area (Å²) < 4.78 is 5.41. The molecule has 1 aromatic rings. The van der Waals surface area contributed by atoms with Crippen molar-refractivity contribution < 1.29 is 4.52 Å². The van der Waals surface area contributed by atoms with E-state index in [1.165, 1.54) is 44.1 Å². The highest BCUT2D eigenvalue weighted by atomic mass is 16.5. The molecule has 1 aromatic heterocycles. The van der Waals surface area contributed by atoms with Gasteiger partial charge in [-0.3, -0.25) is 0 Å². The topological polar surface area (TPSA) is 52.0 Å². The Balaban J connectivity index is 1.75. The zero-order valence-corrected chi connectivity index (χ0v) is 12.7. The standard InChI is InChI=1S/C17H26N2O/c1-10(2)3-14-15(16(18)20-19-14)17-7-11-4-12(8-17)6-13(5-11)9-17/h10-13H,3-9,18H2,1-2H3. The van der Waals surface area contributed by atoms with E-state index in [1.54, 1.807) is 0 Å². The van der Waals surface area contributed by atoms with E-state index in [0.717, 1.165) is 29.9 Å². The largest absolute Gasteiger partial charge is 0.367 e. The van der Waals surface area contributed by atoms with Crippen LogP contribution >= 0.6 is 0 Å². The first kappa shape index (κ1) is 12.7. The van der Waals surface area contributed by atoms with Crippen LogP contribution in [0, 0.1) is 23.7 Å². The molecule has 0 aromatic carbocycles. The summed E-state index contributed by atoms with van der Waals surface area (Å²) in [4.78, 5) is 0. The van der Waals surface area contributed by atoms with Gasteiger partial charge >= 0.3 is 0 Å². The molecule has 3 nitrogen and oxygen atoms in total. The quantitative estimate of drug-likeness (QED) is 0.908. The summed E-state index contributed by atoms with van der Waals surface area (Å²) in [6, 6.07) is 0. The monoisotopic (exact) mass is 274 g/mol. The van der Waals surface area contributed by atoms with Crippen molar-refractivity contribution in [1.29, 1.82) is 0 Å². The number of nitrogens with zero attached hydrogens (tertiary/aromatic N) is 1. The first-order valence-corrected chi connectivity index (χ1v) is 8.30. The maximum Gasteiger partial charge on any atom is 0.226 e. The number of aromatic nitrogens is 1. The van der Waals surface area contributed by atoms with Gasteiger partial charge in [-0.25, -0.2) is 0 Å². The van der Waals surface area contributed by atoms with E-state index in [-0.39, 0.29) is 0 Å². The minimum absolute atomic E-state index is 0.309. The van der Waals surface area contributed by atoms with E-state index in [2.05, 4.69) is 19.0 Å². The van der Waals surface area contributed by atoms with Gasteiger partial charge in [0, 0.05) is 11.0 Å². The molecule has 0 saturated heterocycles. The van der Waals surface area contributed by atoms with E-state index in [1.807, 2.05) is 0 Å². The highest BCUT2D eigenvalue weighted by Gasteiger charge is 2.53. The second-order valence-electron chi connectivity index (χ2n) is 8.16. The second kappa shape index (κ2) is 4.25. The summed E-state index contributed by atoms with van der Waals surface area (Å²) in [6.07, 6.45) is 9.37. The second-order valence-corrected chi connectivity index (χ2v) is 8.16. The third-order valence-corrected chi connectivity index (χ3v) is 5.96. The van der Waals surface area contributed by atoms with Crippen LogP contribution in [-0.2, 0) is 11.8 Å². The van der Waals surface area contributed by atoms with Crippen LogP contribution in [0.1, 0.15) is 63.6 Å². The average molecular weight is 274 g/mol. The van der Waals surface area contributed by atoms with Gasteiger partial charge in [0.05, 0.1) is 5.69 Å². The number of nitrogen functional groups attached to an aromatic ring is 1. The Morgan fingerprint density at radius 1 is 1.15 bits per heavy atom. The van der Waals surface area contributed by atoms with Gasteiger partial charge in [-0.1, -0.05) is 19.0 Å². The van der Waals surface area contributed by atoms with Crippen LogP contribution in [0.3, 0.4) is 0 Å². The molecule has 4 aliphatic carbocycles. The lowest BCUT2D eigenvalue weighted by Crippen LogP contribution is -2.49. The molecule has 1 heterocycles. The lowest BCUT2D eigenvalue weighted by atomic mass is 9.48. The van der Waals surface area contributed by atoms with E-state index < -0.39 is 0 Å². The fourth-order valence-corrected chi connectivity index (χ4v) is 5.85. The molecule has 0 spiro atoms. The summed E-state index contributed by atoms with van der Waals surface area (Å²) in [7, 11) is 0. The average Bonchev–Trinajstić information content (AvgIpc) is 2.68. The molecule has 4 fully saturated rings. The molecule has 20 heavy (non-hydrogen) atoms. The Bertz CT molecular complexity index is 482. The Hall–Kier alpha value is -0.990. The minimum Gasteiger partial charge on any atom is -0.367 e. The van der Waals surface area contributed by atoms with Crippen LogP contribution < -0.4 is 5.73 Å². The van der Waals surface area contributed by atoms with Crippen molar-refractivity contribution in [2.45, 2.75) is 64.2 Å². The van der Waals surface area contributed by atoms with Crippen molar-refractivity contribution in [3.05, 3.63) is 11.3 Å². The molecule has 3 heteroatoms. The van der Waals surface area contributed by atoms with Gasteiger partial charge in [-0.05, 0) is 68.6 Å². The van der Waals surface area contributed by atoms with Crippen LogP contribution in [0.15, 0.2) is 4.52 Å². The molecular weight excluding hydrogens is 248 g/mol. The maximum absolute atomic E-state index is 6.21. The van der Waals surface area contributed by atoms with E-state index in [9.17, 15) is 0 Å². The molecule has 4 saturated carbocycles. The van der Waals surface area contributed by atoms with E-state index in [4.69, 9.17) is 10.3 Å². The lowest BCUT2D eigenvalue weighted by molar-refractivity contribution is -0.00539. The van der Waals surface area contributed by atoms with Crippen molar-refractivity contribution >= 4 is 5.88 Å². The summed E-state index contributed by atoms with van der Waals surface area (Å²) in [5.41, 5.74) is 8.98. The van der Waals surface area contributed by atoms with Crippen molar-refractivity contribution in [3.8, 4) is 0 Å². The lowest BCUT2D eigenvalue weighted by Gasteiger charge is -2.56. The number of hydrogen-bond donors (Lipinski definition) is 1. The van der Waals surface area contributed by atoms with Crippen LogP contribution in [0.4, 0.5) is 5.88 Å². The molecule has 0 aliphatic heterocycles. The fourth-order valence-electron chi connectivity index (χ4n) is 5.85. The minimum atomic E-state index is 0.309. The summed E-state index contributed by atoms with van der Waals surface area (Å²) in [6.45, 7) is 4.49. The zero-order chi connectivity index (χ0) is 13.9. The Morgan fingerprint density at radius 2 is 1.70 bits per heavy atom. The molecule has 0 atom stereocenters. The van der Waals surface area contributed by atoms with Crippen LogP contribution in [0.5, 0.6) is 0 Å². The van der Waals surface area contributed by atoms with Crippen molar-refractivity contribution in [1.82, 2.24) is 5.16 Å². The van der Waals surface area contributed by atoms with Gasteiger partial charge in [0.25, 0.3) is 0 Å². The van der Waals surface area contributed by atoms with Gasteiger partial charge < -0.3 is 10.3 Å². The fraction of sp³-hybridized carbons (Fsp3) is 0.824. The Morgan fingerprint density at radius 3 is 2.20 bits per heavy atom. The normalized spacial score (nSPS) is 38.9. The maximum atomic E-state index is 6.21. The number of nitrogens with two attached hydrogens (primary N) is 1. The van der Waals surface area contributed by atoms with Gasteiger partial charge in [-0.2, -0.15) is 0 Å². The zero-order valence-electron chi connectivity index (χ0n) is 12.7. The number of rotatable bonds is 3. The molecule has 4 aliphatic rings. The summed E-state index contributed by atoms with van der Waals surface area (Å²) in [5.74, 6) is 4.02. The van der Waals surface area contributed by atoms with Crippen molar-refractivity contribution in [2.24, 2.45) is 23.7 Å². The predicted octanol–water partition coefficient (Wildman–Crippen LogP) is 3.92. The molecule has 110 valence electrons. The molecule has 0 amide bonds. The highest BCUT2D eigenvalue weighted by molar-refractivity contribution is 5.47. The molecule has 2 N–H and O–H groups in total. The van der Waals surface area contributed by atoms with Gasteiger partial charge in [0.15, 0.2) is 0 Å². The Labute approximate surface area is 121 Å². The van der Waals surface area contributed by atoms with Crippen LogP contribution in [0.25, 0.3) is 0 Å². The van der Waals surface area contributed by atoms with E-state index >= 15 is 0 Å². The van der Waals surface area contributed by atoms with Gasteiger partial charge in [0.2, 0.25) is 5.88 Å². The highest BCUT2D eigenvalue weighted by Crippen LogP contribution is 2.62. The Kier molecular flexibility index (Phi) is 2.71. The van der Waals surface area contributed by atoms with Crippen LogP contribution in [0.2, 0.25) is 0 Å².